The number of hydrogen-bond donors (Lipinski definition) is 0. The summed E-state index contributed by atoms with van der Waals surface area (Å²) in [6.45, 7) is 0. The zero-order valence-electron chi connectivity index (χ0n) is 27.2. The van der Waals surface area contributed by atoms with Crippen molar-refractivity contribution in [1.29, 1.82) is 0 Å². The molecule has 0 bridgehead atoms. The topological polar surface area (TPSA) is 48.5 Å². The van der Waals surface area contributed by atoms with E-state index in [0.717, 1.165) is 38.6 Å². The molecular formula is C45H27N5S. The molecule has 0 aliphatic rings. The van der Waals surface area contributed by atoms with Gasteiger partial charge in [-0.05, 0) is 54.6 Å². The van der Waals surface area contributed by atoms with Crippen molar-refractivity contribution in [3.05, 3.63) is 164 Å². The van der Waals surface area contributed by atoms with Gasteiger partial charge in [-0.2, -0.15) is 9.97 Å². The van der Waals surface area contributed by atoms with Gasteiger partial charge in [0.2, 0.25) is 5.95 Å². The third-order valence-corrected chi connectivity index (χ3v) is 11.1. The quantitative estimate of drug-likeness (QED) is 0.187. The molecule has 7 aromatic carbocycles. The third-order valence-electron chi connectivity index (χ3n) is 9.97. The van der Waals surface area contributed by atoms with Crippen LogP contribution in [-0.4, -0.2) is 24.1 Å². The van der Waals surface area contributed by atoms with E-state index in [4.69, 9.17) is 15.0 Å². The van der Waals surface area contributed by atoms with Crippen molar-refractivity contribution >= 4 is 75.1 Å². The average molecular weight is 670 g/mol. The van der Waals surface area contributed by atoms with Crippen LogP contribution >= 0.6 is 11.3 Å². The molecule has 0 aliphatic carbocycles. The van der Waals surface area contributed by atoms with E-state index >= 15 is 0 Å². The summed E-state index contributed by atoms with van der Waals surface area (Å²) >= 11 is 1.81. The number of aromatic nitrogens is 5. The predicted molar refractivity (Wildman–Crippen MR) is 212 cm³/mol. The van der Waals surface area contributed by atoms with Crippen molar-refractivity contribution in [2.45, 2.75) is 0 Å². The van der Waals surface area contributed by atoms with Gasteiger partial charge in [0.05, 0.1) is 22.1 Å². The molecule has 11 aromatic rings. The molecule has 5 nitrogen and oxygen atoms in total. The van der Waals surface area contributed by atoms with Crippen molar-refractivity contribution in [3.63, 3.8) is 0 Å². The molecule has 4 heterocycles. The van der Waals surface area contributed by atoms with Crippen molar-refractivity contribution in [3.8, 4) is 34.4 Å². The Bertz CT molecular complexity index is 3140. The Labute approximate surface area is 296 Å². The van der Waals surface area contributed by atoms with Crippen LogP contribution in [0.25, 0.3) is 98.2 Å². The Morgan fingerprint density at radius 1 is 0.392 bits per heavy atom. The number of para-hydroxylation sites is 3. The van der Waals surface area contributed by atoms with Crippen LogP contribution in [0.4, 0.5) is 0 Å². The van der Waals surface area contributed by atoms with Gasteiger partial charge in [-0.25, -0.2) is 4.98 Å². The Hall–Kier alpha value is -6.63. The highest BCUT2D eigenvalue weighted by Crippen LogP contribution is 2.42. The van der Waals surface area contributed by atoms with Gasteiger partial charge >= 0.3 is 0 Å². The lowest BCUT2D eigenvalue weighted by Gasteiger charge is -2.11. The zero-order valence-corrected chi connectivity index (χ0v) is 28.0. The maximum absolute atomic E-state index is 5.28. The summed E-state index contributed by atoms with van der Waals surface area (Å²) in [4.78, 5) is 15.6. The minimum absolute atomic E-state index is 0.585. The molecule has 51 heavy (non-hydrogen) atoms. The first kappa shape index (κ1) is 28.2. The Morgan fingerprint density at radius 2 is 1.02 bits per heavy atom. The SMILES string of the molecule is c1ccc(-c2nc(-c3ccc4sc5ccccc5c4c3)nc(-n3c4ccccc4c4c3ccc3c5ccccc5n(-c5ccccc5)c34)n2)cc1. The second kappa shape index (κ2) is 10.9. The number of rotatable bonds is 4. The van der Waals surface area contributed by atoms with Crippen LogP contribution in [0.3, 0.4) is 0 Å². The highest BCUT2D eigenvalue weighted by molar-refractivity contribution is 7.25. The van der Waals surface area contributed by atoms with E-state index in [1.807, 2.05) is 29.5 Å². The normalized spacial score (nSPS) is 11.9. The molecule has 0 N–H and O–H groups in total. The number of fused-ring (bicyclic) bond motifs is 10. The van der Waals surface area contributed by atoms with E-state index in [2.05, 4.69) is 155 Å². The summed E-state index contributed by atoms with van der Waals surface area (Å²) < 4.78 is 7.14. The van der Waals surface area contributed by atoms with Crippen LogP contribution in [0.1, 0.15) is 0 Å². The van der Waals surface area contributed by atoms with E-state index in [1.165, 1.54) is 42.0 Å². The summed E-state index contributed by atoms with van der Waals surface area (Å²) in [7, 11) is 0. The van der Waals surface area contributed by atoms with Crippen LogP contribution in [0.15, 0.2) is 164 Å². The van der Waals surface area contributed by atoms with E-state index < -0.39 is 0 Å². The second-order valence-electron chi connectivity index (χ2n) is 12.9. The van der Waals surface area contributed by atoms with Crippen molar-refractivity contribution < 1.29 is 0 Å². The summed E-state index contributed by atoms with van der Waals surface area (Å²) in [5.41, 5.74) is 7.45. The van der Waals surface area contributed by atoms with Crippen molar-refractivity contribution in [1.82, 2.24) is 24.1 Å². The van der Waals surface area contributed by atoms with Gasteiger partial charge in [-0.3, -0.25) is 4.57 Å². The number of hydrogen-bond acceptors (Lipinski definition) is 4. The lowest BCUT2D eigenvalue weighted by molar-refractivity contribution is 0.954. The summed E-state index contributed by atoms with van der Waals surface area (Å²) in [5, 5.41) is 7.20. The maximum Gasteiger partial charge on any atom is 0.238 e. The molecule has 0 amide bonds. The molecule has 6 heteroatoms. The molecule has 0 radical (unpaired) electrons. The molecule has 0 spiro atoms. The van der Waals surface area contributed by atoms with E-state index in [0.29, 0.717) is 17.6 Å². The summed E-state index contributed by atoms with van der Waals surface area (Å²) in [6, 6.07) is 57.8. The zero-order chi connectivity index (χ0) is 33.5. The molecular weight excluding hydrogens is 643 g/mol. The fraction of sp³-hybridized carbons (Fsp3) is 0. The fourth-order valence-corrected chi connectivity index (χ4v) is 8.83. The smallest absolute Gasteiger partial charge is 0.238 e. The van der Waals surface area contributed by atoms with Crippen LogP contribution in [-0.2, 0) is 0 Å². The average Bonchev–Trinajstić information content (AvgIpc) is 3.86. The fourth-order valence-electron chi connectivity index (χ4n) is 7.74. The van der Waals surface area contributed by atoms with E-state index in [9.17, 15) is 0 Å². The van der Waals surface area contributed by atoms with Gasteiger partial charge in [0, 0.05) is 58.5 Å². The van der Waals surface area contributed by atoms with E-state index in [-0.39, 0.29) is 0 Å². The highest BCUT2D eigenvalue weighted by atomic mass is 32.1. The minimum Gasteiger partial charge on any atom is -0.309 e. The Morgan fingerprint density at radius 3 is 1.82 bits per heavy atom. The number of nitrogens with zero attached hydrogens (tertiary/aromatic N) is 5. The molecule has 238 valence electrons. The standard InChI is InChI=1S/C45H27N5S/c1-3-13-28(14-4-1)43-46-44(29-23-26-40-35(27-29)32-18-9-12-22-39(32)51-40)48-45(47-43)50-37-21-11-8-19-34(37)41-38(50)25-24-33-31-17-7-10-20-36(31)49(42(33)41)30-15-5-2-6-16-30/h1-27H. The number of thiophene rings is 1. The lowest BCUT2D eigenvalue weighted by Crippen LogP contribution is -2.06. The van der Waals surface area contributed by atoms with Gasteiger partial charge in [-0.15, -0.1) is 11.3 Å². The third kappa shape index (κ3) is 4.24. The predicted octanol–water partition coefficient (Wildman–Crippen LogP) is 11.8. The van der Waals surface area contributed by atoms with Crippen LogP contribution in [0, 0.1) is 0 Å². The van der Waals surface area contributed by atoms with Gasteiger partial charge in [0.25, 0.3) is 0 Å². The number of benzene rings is 7. The molecule has 4 aromatic heterocycles. The molecule has 11 rings (SSSR count). The Balaban J connectivity index is 1.24. The highest BCUT2D eigenvalue weighted by Gasteiger charge is 2.23. The molecule has 0 aliphatic heterocycles. The summed E-state index contributed by atoms with van der Waals surface area (Å²) in [6.07, 6.45) is 0. The van der Waals surface area contributed by atoms with Crippen LogP contribution < -0.4 is 0 Å². The lowest BCUT2D eigenvalue weighted by atomic mass is 10.1. The van der Waals surface area contributed by atoms with Gasteiger partial charge in [-0.1, -0.05) is 109 Å². The summed E-state index contributed by atoms with van der Waals surface area (Å²) in [5.74, 6) is 1.86. The van der Waals surface area contributed by atoms with Gasteiger partial charge < -0.3 is 4.57 Å². The van der Waals surface area contributed by atoms with Crippen molar-refractivity contribution in [2.75, 3.05) is 0 Å². The second-order valence-corrected chi connectivity index (χ2v) is 13.9. The van der Waals surface area contributed by atoms with Crippen molar-refractivity contribution in [2.24, 2.45) is 0 Å². The first-order valence-corrected chi connectivity index (χ1v) is 17.9. The molecule has 0 unspecified atom stereocenters. The van der Waals surface area contributed by atoms with Gasteiger partial charge in [0.1, 0.15) is 0 Å². The molecule has 0 saturated heterocycles. The molecule has 0 atom stereocenters. The maximum atomic E-state index is 5.28. The van der Waals surface area contributed by atoms with Gasteiger partial charge in [0.15, 0.2) is 11.6 Å². The first-order chi connectivity index (χ1) is 25.3. The minimum atomic E-state index is 0.585. The largest absolute Gasteiger partial charge is 0.309 e. The van der Waals surface area contributed by atoms with Crippen LogP contribution in [0.5, 0.6) is 0 Å². The van der Waals surface area contributed by atoms with Crippen LogP contribution in [0.2, 0.25) is 0 Å². The molecule has 0 saturated carbocycles. The molecule has 0 fully saturated rings. The van der Waals surface area contributed by atoms with E-state index in [1.54, 1.807) is 0 Å². The monoisotopic (exact) mass is 669 g/mol. The Kier molecular flexibility index (Phi) is 6.05. The first-order valence-electron chi connectivity index (χ1n) is 17.0.